The predicted molar refractivity (Wildman–Crippen MR) is 109 cm³/mol. The minimum Gasteiger partial charge on any atom is -0.497 e. The number of nitrogens with zero attached hydrogens (tertiary/aromatic N) is 3. The van der Waals surface area contributed by atoms with Crippen LogP contribution in [0.5, 0.6) is 11.5 Å². The molecule has 1 aromatic carbocycles. The van der Waals surface area contributed by atoms with Gasteiger partial charge in [0.2, 0.25) is 0 Å². The fourth-order valence-electron chi connectivity index (χ4n) is 3.69. The maximum Gasteiger partial charge on any atom is 0.127 e. The standard InChI is InChI=1S/C21H35N3O4/c1-22-7-9-24(10-8-22)16-19(25)17-28-21-14-20(26-2)5-4-18(21)15-23-6-3-12-27-13-11-23/h4-5,14,19,25H,3,6-13,15-17H2,1-2H3/t19-/m0/s1. The maximum atomic E-state index is 10.5. The molecule has 0 spiro atoms. The predicted octanol–water partition coefficient (Wildman–Crippen LogP) is 0.905. The van der Waals surface area contributed by atoms with Crippen molar-refractivity contribution in [1.29, 1.82) is 0 Å². The number of hydrogen-bond acceptors (Lipinski definition) is 7. The number of rotatable bonds is 8. The smallest absolute Gasteiger partial charge is 0.127 e. The highest BCUT2D eigenvalue weighted by molar-refractivity contribution is 5.40. The number of piperazine rings is 1. The molecule has 3 rings (SSSR count). The van der Waals surface area contributed by atoms with Crippen molar-refractivity contribution in [1.82, 2.24) is 14.7 Å². The second-order valence-corrected chi connectivity index (χ2v) is 7.78. The molecule has 1 N–H and O–H groups in total. The molecular weight excluding hydrogens is 358 g/mol. The van der Waals surface area contributed by atoms with E-state index in [0.29, 0.717) is 6.54 Å². The van der Waals surface area contributed by atoms with Gasteiger partial charge >= 0.3 is 0 Å². The van der Waals surface area contributed by atoms with Gasteiger partial charge in [-0.25, -0.2) is 0 Å². The third kappa shape index (κ3) is 6.60. The SMILES string of the molecule is COc1ccc(CN2CCCOCC2)c(OC[C@@H](O)CN2CCN(C)CC2)c1. The highest BCUT2D eigenvalue weighted by Gasteiger charge is 2.19. The van der Waals surface area contributed by atoms with Crippen molar-refractivity contribution in [3.8, 4) is 11.5 Å². The van der Waals surface area contributed by atoms with Crippen LogP contribution in [0, 0.1) is 0 Å². The van der Waals surface area contributed by atoms with Gasteiger partial charge in [-0.05, 0) is 19.5 Å². The number of benzene rings is 1. The zero-order valence-corrected chi connectivity index (χ0v) is 17.3. The molecule has 0 aliphatic carbocycles. The highest BCUT2D eigenvalue weighted by Crippen LogP contribution is 2.26. The Morgan fingerprint density at radius 2 is 1.89 bits per heavy atom. The minimum absolute atomic E-state index is 0.287. The molecule has 2 aliphatic heterocycles. The summed E-state index contributed by atoms with van der Waals surface area (Å²) in [6, 6.07) is 5.95. The topological polar surface area (TPSA) is 57.6 Å². The van der Waals surface area contributed by atoms with Crippen LogP contribution < -0.4 is 9.47 Å². The third-order valence-electron chi connectivity index (χ3n) is 5.48. The van der Waals surface area contributed by atoms with Crippen molar-refractivity contribution < 1.29 is 19.3 Å². The van der Waals surface area contributed by atoms with E-state index in [4.69, 9.17) is 14.2 Å². The lowest BCUT2D eigenvalue weighted by Gasteiger charge is -2.33. The van der Waals surface area contributed by atoms with Gasteiger partial charge in [-0.2, -0.15) is 0 Å². The average Bonchev–Trinajstić information content (AvgIpc) is 2.97. The highest BCUT2D eigenvalue weighted by atomic mass is 16.5. The zero-order valence-electron chi connectivity index (χ0n) is 17.3. The Balaban J connectivity index is 1.56. The lowest BCUT2D eigenvalue weighted by molar-refractivity contribution is 0.0499. The van der Waals surface area contributed by atoms with Crippen LogP contribution in [0.1, 0.15) is 12.0 Å². The molecule has 28 heavy (non-hydrogen) atoms. The number of hydrogen-bond donors (Lipinski definition) is 1. The van der Waals surface area contributed by atoms with E-state index in [1.54, 1.807) is 7.11 Å². The van der Waals surface area contributed by atoms with Crippen molar-refractivity contribution in [2.45, 2.75) is 19.1 Å². The van der Waals surface area contributed by atoms with Gasteiger partial charge in [-0.1, -0.05) is 6.07 Å². The summed E-state index contributed by atoms with van der Waals surface area (Å²) in [5, 5.41) is 10.5. The van der Waals surface area contributed by atoms with Crippen molar-refractivity contribution >= 4 is 0 Å². The van der Waals surface area contributed by atoms with Gasteiger partial charge in [0.25, 0.3) is 0 Å². The Hall–Kier alpha value is -1.38. The first-order valence-electron chi connectivity index (χ1n) is 10.3. The molecule has 2 saturated heterocycles. The molecule has 0 aromatic heterocycles. The van der Waals surface area contributed by atoms with Crippen LogP contribution in [-0.2, 0) is 11.3 Å². The zero-order chi connectivity index (χ0) is 19.8. The van der Waals surface area contributed by atoms with E-state index in [1.165, 1.54) is 0 Å². The maximum absolute atomic E-state index is 10.5. The molecule has 0 amide bonds. The van der Waals surface area contributed by atoms with E-state index in [9.17, 15) is 5.11 Å². The summed E-state index contributed by atoms with van der Waals surface area (Å²) in [4.78, 5) is 7.01. The van der Waals surface area contributed by atoms with E-state index in [-0.39, 0.29) is 6.61 Å². The molecule has 1 atom stereocenters. The van der Waals surface area contributed by atoms with Gasteiger partial charge in [-0.15, -0.1) is 0 Å². The van der Waals surface area contributed by atoms with E-state index in [2.05, 4.69) is 27.8 Å². The van der Waals surface area contributed by atoms with Gasteiger partial charge < -0.3 is 24.2 Å². The van der Waals surface area contributed by atoms with E-state index >= 15 is 0 Å². The molecule has 0 radical (unpaired) electrons. The van der Waals surface area contributed by atoms with Crippen molar-refractivity contribution in [2.24, 2.45) is 0 Å². The Bertz CT molecular complexity index is 585. The molecule has 0 bridgehead atoms. The van der Waals surface area contributed by atoms with Gasteiger partial charge in [0.05, 0.1) is 13.7 Å². The first-order chi connectivity index (χ1) is 13.6. The number of ether oxygens (including phenoxy) is 3. The monoisotopic (exact) mass is 393 g/mol. The molecule has 7 heteroatoms. The molecule has 0 saturated carbocycles. The van der Waals surface area contributed by atoms with Crippen LogP contribution in [0.2, 0.25) is 0 Å². The summed E-state index contributed by atoms with van der Waals surface area (Å²) in [5.74, 6) is 1.56. The summed E-state index contributed by atoms with van der Waals surface area (Å²) in [6.07, 6.45) is 0.546. The Labute approximate surface area is 168 Å². The molecule has 158 valence electrons. The number of β-amino-alcohol motifs (C(OH)–C–C–N with tert-alkyl or cyclic N) is 1. The summed E-state index contributed by atoms with van der Waals surface area (Å²) >= 11 is 0. The lowest BCUT2D eigenvalue weighted by atomic mass is 10.1. The first kappa shape index (κ1) is 21.3. The summed E-state index contributed by atoms with van der Waals surface area (Å²) in [7, 11) is 3.80. The van der Waals surface area contributed by atoms with Gasteiger partial charge in [0.1, 0.15) is 24.2 Å². The lowest BCUT2D eigenvalue weighted by Crippen LogP contribution is -2.47. The molecule has 2 aliphatic rings. The normalized spacial score (nSPS) is 21.2. The molecular formula is C21H35N3O4. The largest absolute Gasteiger partial charge is 0.497 e. The van der Waals surface area contributed by atoms with Crippen molar-refractivity contribution in [3.63, 3.8) is 0 Å². The van der Waals surface area contributed by atoms with E-state index in [0.717, 1.165) is 82.5 Å². The van der Waals surface area contributed by atoms with E-state index < -0.39 is 6.10 Å². The second-order valence-electron chi connectivity index (χ2n) is 7.78. The second kappa shape index (κ2) is 11.0. The van der Waals surface area contributed by atoms with Crippen molar-refractivity contribution in [3.05, 3.63) is 23.8 Å². The Kier molecular flexibility index (Phi) is 8.36. The number of aliphatic hydroxyl groups excluding tert-OH is 1. The van der Waals surface area contributed by atoms with Crippen LogP contribution in [0.4, 0.5) is 0 Å². The van der Waals surface area contributed by atoms with Gasteiger partial charge in [-0.3, -0.25) is 9.80 Å². The van der Waals surface area contributed by atoms with Crippen LogP contribution in [0.15, 0.2) is 18.2 Å². The van der Waals surface area contributed by atoms with Crippen LogP contribution in [0.3, 0.4) is 0 Å². The first-order valence-corrected chi connectivity index (χ1v) is 10.3. The number of methoxy groups -OCH3 is 1. The summed E-state index contributed by atoms with van der Waals surface area (Å²) in [5.41, 5.74) is 1.12. The van der Waals surface area contributed by atoms with Crippen LogP contribution in [0.25, 0.3) is 0 Å². The van der Waals surface area contributed by atoms with Crippen LogP contribution in [-0.4, -0.2) is 106 Å². The molecule has 2 fully saturated rings. The van der Waals surface area contributed by atoms with Crippen LogP contribution >= 0.6 is 0 Å². The molecule has 7 nitrogen and oxygen atoms in total. The number of aliphatic hydroxyl groups is 1. The fraction of sp³-hybridized carbons (Fsp3) is 0.714. The number of likely N-dealkylation sites (N-methyl/N-ethyl adjacent to an activating group) is 1. The van der Waals surface area contributed by atoms with Crippen molar-refractivity contribution in [2.75, 3.05) is 79.8 Å². The average molecular weight is 394 g/mol. The Morgan fingerprint density at radius 1 is 1.07 bits per heavy atom. The Morgan fingerprint density at radius 3 is 2.68 bits per heavy atom. The molecule has 2 heterocycles. The molecule has 1 aromatic rings. The fourth-order valence-corrected chi connectivity index (χ4v) is 3.69. The summed E-state index contributed by atoms with van der Waals surface area (Å²) in [6.45, 7) is 9.40. The third-order valence-corrected chi connectivity index (χ3v) is 5.48. The quantitative estimate of drug-likeness (QED) is 0.704. The van der Waals surface area contributed by atoms with Gasteiger partial charge in [0.15, 0.2) is 0 Å². The minimum atomic E-state index is -0.506. The van der Waals surface area contributed by atoms with Gasteiger partial charge in [0, 0.05) is 70.6 Å². The van der Waals surface area contributed by atoms with E-state index in [1.807, 2.05) is 12.1 Å². The summed E-state index contributed by atoms with van der Waals surface area (Å²) < 4.78 is 17.0. The molecule has 0 unspecified atom stereocenters.